The quantitative estimate of drug-likeness (QED) is 0.836. The van der Waals surface area contributed by atoms with E-state index in [0.717, 1.165) is 11.3 Å². The molecule has 0 radical (unpaired) electrons. The van der Waals surface area contributed by atoms with Crippen LogP contribution in [0.5, 0.6) is 5.75 Å². The summed E-state index contributed by atoms with van der Waals surface area (Å²) >= 11 is 0. The van der Waals surface area contributed by atoms with Gasteiger partial charge in [-0.05, 0) is 37.3 Å². The van der Waals surface area contributed by atoms with E-state index in [4.69, 9.17) is 10.00 Å². The largest absolute Gasteiger partial charge is 0.496 e. The van der Waals surface area contributed by atoms with Gasteiger partial charge in [-0.25, -0.2) is 0 Å². The predicted octanol–water partition coefficient (Wildman–Crippen LogP) is 2.37. The SMILES string of the molecule is COc1ccccc1CC(=O)N1CC(=O)N(c2ccc(C#N)cc2)C[C@@H]1C. The van der Waals surface area contributed by atoms with Crippen molar-refractivity contribution in [2.24, 2.45) is 0 Å². The first kappa shape index (κ1) is 18.5. The molecule has 2 aromatic carbocycles. The zero-order chi connectivity index (χ0) is 19.4. The van der Waals surface area contributed by atoms with Crippen LogP contribution in [0.25, 0.3) is 0 Å². The Morgan fingerprint density at radius 3 is 2.59 bits per heavy atom. The first-order valence-corrected chi connectivity index (χ1v) is 8.75. The van der Waals surface area contributed by atoms with Crippen LogP contribution in [-0.2, 0) is 16.0 Å². The smallest absolute Gasteiger partial charge is 0.246 e. The van der Waals surface area contributed by atoms with Crippen molar-refractivity contribution >= 4 is 17.5 Å². The second-order valence-corrected chi connectivity index (χ2v) is 6.52. The van der Waals surface area contributed by atoms with Crippen LogP contribution in [0, 0.1) is 11.3 Å². The Hall–Kier alpha value is -3.33. The molecule has 0 aromatic heterocycles. The van der Waals surface area contributed by atoms with Crippen molar-refractivity contribution in [2.45, 2.75) is 19.4 Å². The maximum absolute atomic E-state index is 12.8. The van der Waals surface area contributed by atoms with E-state index in [2.05, 4.69) is 6.07 Å². The molecule has 2 aromatic rings. The lowest BCUT2D eigenvalue weighted by molar-refractivity contribution is -0.138. The molecule has 0 spiro atoms. The number of anilines is 1. The lowest BCUT2D eigenvalue weighted by Gasteiger charge is -2.39. The van der Waals surface area contributed by atoms with E-state index in [1.807, 2.05) is 31.2 Å². The fourth-order valence-corrected chi connectivity index (χ4v) is 3.26. The predicted molar refractivity (Wildman–Crippen MR) is 101 cm³/mol. The number of carbonyl (C=O) groups excluding carboxylic acids is 2. The molecule has 0 saturated carbocycles. The van der Waals surface area contributed by atoms with Crippen LogP contribution in [-0.4, -0.2) is 43.0 Å². The van der Waals surface area contributed by atoms with E-state index in [9.17, 15) is 9.59 Å². The average Bonchev–Trinajstić information content (AvgIpc) is 2.70. The first-order valence-electron chi connectivity index (χ1n) is 8.75. The van der Waals surface area contributed by atoms with Crippen LogP contribution < -0.4 is 9.64 Å². The van der Waals surface area contributed by atoms with Gasteiger partial charge in [-0.15, -0.1) is 0 Å². The summed E-state index contributed by atoms with van der Waals surface area (Å²) in [6.45, 7) is 2.39. The number of nitriles is 1. The van der Waals surface area contributed by atoms with Crippen molar-refractivity contribution in [3.05, 3.63) is 59.7 Å². The number of para-hydroxylation sites is 1. The van der Waals surface area contributed by atoms with Crippen molar-refractivity contribution in [1.82, 2.24) is 4.90 Å². The van der Waals surface area contributed by atoms with Gasteiger partial charge in [-0.3, -0.25) is 9.59 Å². The van der Waals surface area contributed by atoms with Gasteiger partial charge in [-0.1, -0.05) is 18.2 Å². The minimum Gasteiger partial charge on any atom is -0.496 e. The van der Waals surface area contributed by atoms with E-state index < -0.39 is 0 Å². The lowest BCUT2D eigenvalue weighted by atomic mass is 10.1. The van der Waals surface area contributed by atoms with Gasteiger partial charge in [-0.2, -0.15) is 5.26 Å². The number of ether oxygens (including phenoxy) is 1. The van der Waals surface area contributed by atoms with E-state index in [0.29, 0.717) is 17.9 Å². The molecule has 1 aliphatic rings. The summed E-state index contributed by atoms with van der Waals surface area (Å²) in [4.78, 5) is 28.7. The molecule has 1 heterocycles. The average molecular weight is 363 g/mol. The van der Waals surface area contributed by atoms with Gasteiger partial charge in [0.2, 0.25) is 11.8 Å². The number of piperazine rings is 1. The van der Waals surface area contributed by atoms with Crippen LogP contribution >= 0.6 is 0 Å². The Bertz CT molecular complexity index is 886. The van der Waals surface area contributed by atoms with E-state index >= 15 is 0 Å². The minimum atomic E-state index is -0.133. The summed E-state index contributed by atoms with van der Waals surface area (Å²) in [5, 5.41) is 8.90. The molecule has 1 atom stereocenters. The molecule has 6 heteroatoms. The lowest BCUT2D eigenvalue weighted by Crippen LogP contribution is -2.57. The molecule has 0 bridgehead atoms. The van der Waals surface area contributed by atoms with E-state index in [1.54, 1.807) is 41.2 Å². The second-order valence-electron chi connectivity index (χ2n) is 6.52. The summed E-state index contributed by atoms with van der Waals surface area (Å²) in [5.41, 5.74) is 2.09. The molecule has 27 heavy (non-hydrogen) atoms. The number of carbonyl (C=O) groups is 2. The summed E-state index contributed by atoms with van der Waals surface area (Å²) in [6, 6.07) is 16.2. The van der Waals surface area contributed by atoms with Gasteiger partial charge < -0.3 is 14.5 Å². The van der Waals surface area contributed by atoms with Gasteiger partial charge >= 0.3 is 0 Å². The van der Waals surface area contributed by atoms with E-state index in [1.165, 1.54) is 0 Å². The van der Waals surface area contributed by atoms with Gasteiger partial charge in [0.25, 0.3) is 0 Å². The van der Waals surface area contributed by atoms with Gasteiger partial charge in [0.1, 0.15) is 12.3 Å². The summed E-state index contributed by atoms with van der Waals surface area (Å²) in [7, 11) is 1.58. The number of hydrogen-bond donors (Lipinski definition) is 0. The maximum Gasteiger partial charge on any atom is 0.246 e. The summed E-state index contributed by atoms with van der Waals surface area (Å²) < 4.78 is 5.31. The van der Waals surface area contributed by atoms with Crippen LogP contribution in [0.15, 0.2) is 48.5 Å². The molecular weight excluding hydrogens is 342 g/mol. The first-order chi connectivity index (χ1) is 13.0. The maximum atomic E-state index is 12.8. The fourth-order valence-electron chi connectivity index (χ4n) is 3.26. The highest BCUT2D eigenvalue weighted by Gasteiger charge is 2.33. The third kappa shape index (κ3) is 3.93. The Labute approximate surface area is 158 Å². The molecule has 138 valence electrons. The normalized spacial score (nSPS) is 16.8. The molecular formula is C21H21N3O3. The minimum absolute atomic E-state index is 0.0369. The Morgan fingerprint density at radius 1 is 1.22 bits per heavy atom. The van der Waals surface area contributed by atoms with Crippen molar-refractivity contribution in [2.75, 3.05) is 25.1 Å². The third-order valence-electron chi connectivity index (χ3n) is 4.75. The van der Waals surface area contributed by atoms with Crippen molar-refractivity contribution in [1.29, 1.82) is 5.26 Å². The molecule has 1 saturated heterocycles. The highest BCUT2D eigenvalue weighted by molar-refractivity contribution is 5.98. The highest BCUT2D eigenvalue weighted by Crippen LogP contribution is 2.23. The van der Waals surface area contributed by atoms with Gasteiger partial charge in [0.15, 0.2) is 0 Å². The number of hydrogen-bond acceptors (Lipinski definition) is 4. The van der Waals surface area contributed by atoms with Crippen LogP contribution in [0.1, 0.15) is 18.1 Å². The summed E-state index contributed by atoms with van der Waals surface area (Å²) in [6.07, 6.45) is 0.193. The zero-order valence-electron chi connectivity index (χ0n) is 15.4. The van der Waals surface area contributed by atoms with E-state index in [-0.39, 0.29) is 30.8 Å². The Morgan fingerprint density at radius 2 is 1.93 bits per heavy atom. The number of methoxy groups -OCH3 is 1. The van der Waals surface area contributed by atoms with Gasteiger partial charge in [0, 0.05) is 23.8 Å². The molecule has 0 unspecified atom stereocenters. The van der Waals surface area contributed by atoms with Crippen LogP contribution in [0.3, 0.4) is 0 Å². The summed E-state index contributed by atoms with van der Waals surface area (Å²) in [5.74, 6) is 0.437. The number of nitrogens with zero attached hydrogens (tertiary/aromatic N) is 3. The monoisotopic (exact) mass is 363 g/mol. The Kier molecular flexibility index (Phi) is 5.41. The number of rotatable bonds is 4. The molecule has 3 rings (SSSR count). The molecule has 1 aliphatic heterocycles. The highest BCUT2D eigenvalue weighted by atomic mass is 16.5. The van der Waals surface area contributed by atoms with Crippen LogP contribution in [0.2, 0.25) is 0 Å². The van der Waals surface area contributed by atoms with Crippen LogP contribution in [0.4, 0.5) is 5.69 Å². The van der Waals surface area contributed by atoms with Crippen molar-refractivity contribution < 1.29 is 14.3 Å². The fraction of sp³-hybridized carbons (Fsp3) is 0.286. The molecule has 1 fully saturated rings. The molecule has 0 aliphatic carbocycles. The Balaban J connectivity index is 1.71. The topological polar surface area (TPSA) is 73.6 Å². The molecule has 6 nitrogen and oxygen atoms in total. The van der Waals surface area contributed by atoms with Gasteiger partial charge in [0.05, 0.1) is 25.2 Å². The molecule has 0 N–H and O–H groups in total. The third-order valence-corrected chi connectivity index (χ3v) is 4.75. The molecule has 2 amide bonds. The second kappa shape index (κ2) is 7.92. The standard InChI is InChI=1S/C21H21N3O3/c1-15-13-24(18-9-7-16(12-22)8-10-18)21(26)14-23(15)20(25)11-17-5-3-4-6-19(17)27-2/h3-10,15H,11,13-14H2,1-2H3/t15-/m0/s1. The van der Waals surface area contributed by atoms with Crippen molar-refractivity contribution in [3.63, 3.8) is 0 Å². The number of amides is 2. The zero-order valence-corrected chi connectivity index (χ0v) is 15.4. The number of benzene rings is 2. The van der Waals surface area contributed by atoms with Crippen molar-refractivity contribution in [3.8, 4) is 11.8 Å².